The molecule has 0 saturated carbocycles. The lowest BCUT2D eigenvalue weighted by atomic mass is 10.3. The molecule has 1 aliphatic rings. The Labute approximate surface area is 147 Å². The zero-order valence-electron chi connectivity index (χ0n) is 14.5. The Morgan fingerprint density at radius 3 is 2.28 bits per heavy atom. The molecule has 0 atom stereocenters. The van der Waals surface area contributed by atoms with Crippen molar-refractivity contribution in [1.29, 1.82) is 0 Å². The van der Waals surface area contributed by atoms with Gasteiger partial charge in [-0.3, -0.25) is 14.5 Å². The molecule has 1 aromatic rings. The SMILES string of the molecule is COc1ccc(OCCNC(=O)C(=O)NCCN2CCOCC2)cc1. The molecule has 25 heavy (non-hydrogen) atoms. The van der Waals surface area contributed by atoms with Gasteiger partial charge in [-0.1, -0.05) is 0 Å². The van der Waals surface area contributed by atoms with Crippen LogP contribution >= 0.6 is 0 Å². The summed E-state index contributed by atoms with van der Waals surface area (Å²) in [5.41, 5.74) is 0. The lowest BCUT2D eigenvalue weighted by molar-refractivity contribution is -0.139. The van der Waals surface area contributed by atoms with Crippen molar-refractivity contribution in [1.82, 2.24) is 15.5 Å². The fraction of sp³-hybridized carbons (Fsp3) is 0.529. The first-order valence-corrected chi connectivity index (χ1v) is 8.32. The number of hydrogen-bond donors (Lipinski definition) is 2. The topological polar surface area (TPSA) is 89.1 Å². The van der Waals surface area contributed by atoms with Crippen LogP contribution in [0.2, 0.25) is 0 Å². The minimum atomic E-state index is -0.652. The molecule has 1 saturated heterocycles. The van der Waals surface area contributed by atoms with Crippen LogP contribution in [-0.2, 0) is 14.3 Å². The van der Waals surface area contributed by atoms with Crippen LogP contribution in [0.3, 0.4) is 0 Å². The number of rotatable bonds is 8. The zero-order valence-corrected chi connectivity index (χ0v) is 14.5. The van der Waals surface area contributed by atoms with Gasteiger partial charge in [-0.15, -0.1) is 0 Å². The highest BCUT2D eigenvalue weighted by molar-refractivity contribution is 6.35. The molecular weight excluding hydrogens is 326 g/mol. The molecule has 0 aliphatic carbocycles. The molecule has 8 nitrogen and oxygen atoms in total. The normalized spacial score (nSPS) is 14.6. The Morgan fingerprint density at radius 1 is 1.04 bits per heavy atom. The molecule has 2 rings (SSSR count). The van der Waals surface area contributed by atoms with Crippen molar-refractivity contribution in [2.24, 2.45) is 0 Å². The summed E-state index contributed by atoms with van der Waals surface area (Å²) >= 11 is 0. The third kappa shape index (κ3) is 6.98. The summed E-state index contributed by atoms with van der Waals surface area (Å²) in [6, 6.07) is 7.13. The van der Waals surface area contributed by atoms with Crippen LogP contribution in [-0.4, -0.2) is 76.4 Å². The number of hydrogen-bond acceptors (Lipinski definition) is 6. The van der Waals surface area contributed by atoms with Gasteiger partial charge in [0, 0.05) is 26.2 Å². The number of ether oxygens (including phenoxy) is 3. The summed E-state index contributed by atoms with van der Waals surface area (Å²) in [7, 11) is 1.59. The van der Waals surface area contributed by atoms with E-state index in [0.717, 1.165) is 18.8 Å². The molecule has 0 aromatic heterocycles. The lowest BCUT2D eigenvalue weighted by Gasteiger charge is -2.26. The highest BCUT2D eigenvalue weighted by Crippen LogP contribution is 2.16. The second-order valence-electron chi connectivity index (χ2n) is 5.49. The van der Waals surface area contributed by atoms with Crippen molar-refractivity contribution < 1.29 is 23.8 Å². The largest absolute Gasteiger partial charge is 0.497 e. The van der Waals surface area contributed by atoms with Crippen molar-refractivity contribution in [3.05, 3.63) is 24.3 Å². The van der Waals surface area contributed by atoms with Gasteiger partial charge in [0.15, 0.2) is 0 Å². The van der Waals surface area contributed by atoms with Crippen LogP contribution in [0.5, 0.6) is 11.5 Å². The number of carbonyl (C=O) groups excluding carboxylic acids is 2. The Morgan fingerprint density at radius 2 is 1.64 bits per heavy atom. The van der Waals surface area contributed by atoms with E-state index >= 15 is 0 Å². The van der Waals surface area contributed by atoms with Crippen molar-refractivity contribution in [2.75, 3.05) is 59.7 Å². The van der Waals surface area contributed by atoms with Gasteiger partial charge in [-0.05, 0) is 24.3 Å². The molecule has 138 valence electrons. The van der Waals surface area contributed by atoms with E-state index in [2.05, 4.69) is 15.5 Å². The van der Waals surface area contributed by atoms with E-state index in [0.29, 0.717) is 32.1 Å². The quantitative estimate of drug-likeness (QED) is 0.491. The maximum atomic E-state index is 11.7. The number of morpholine rings is 1. The standard InChI is InChI=1S/C17H25N3O5/c1-23-14-2-4-15(5-3-14)25-11-7-19-17(22)16(21)18-6-8-20-9-12-24-13-10-20/h2-5H,6-13H2,1H3,(H,18,21)(H,19,22). The average Bonchev–Trinajstić information content (AvgIpc) is 2.66. The van der Waals surface area contributed by atoms with Crippen molar-refractivity contribution >= 4 is 11.8 Å². The minimum Gasteiger partial charge on any atom is -0.497 e. The molecular formula is C17H25N3O5. The van der Waals surface area contributed by atoms with Crippen molar-refractivity contribution in [2.45, 2.75) is 0 Å². The first-order valence-electron chi connectivity index (χ1n) is 8.32. The van der Waals surface area contributed by atoms with Gasteiger partial charge in [-0.25, -0.2) is 0 Å². The molecule has 0 unspecified atom stereocenters. The van der Waals surface area contributed by atoms with Gasteiger partial charge in [0.25, 0.3) is 0 Å². The molecule has 0 bridgehead atoms. The van der Waals surface area contributed by atoms with Gasteiger partial charge in [-0.2, -0.15) is 0 Å². The summed E-state index contributed by atoms with van der Waals surface area (Å²) in [4.78, 5) is 25.6. The van der Waals surface area contributed by atoms with Crippen molar-refractivity contribution in [3.8, 4) is 11.5 Å². The summed E-state index contributed by atoms with van der Waals surface area (Å²) in [5, 5.41) is 5.14. The Balaban J connectivity index is 1.55. The fourth-order valence-electron chi connectivity index (χ4n) is 2.32. The van der Waals surface area contributed by atoms with Gasteiger partial charge in [0.1, 0.15) is 18.1 Å². The Bertz CT molecular complexity index is 544. The van der Waals surface area contributed by atoms with Crippen molar-refractivity contribution in [3.63, 3.8) is 0 Å². The predicted octanol–water partition coefficient (Wildman–Crippen LogP) is -0.361. The summed E-state index contributed by atoms with van der Waals surface area (Å²) in [5.74, 6) is 0.137. The van der Waals surface area contributed by atoms with Crippen LogP contribution in [0, 0.1) is 0 Å². The van der Waals surface area contributed by atoms with E-state index in [1.165, 1.54) is 0 Å². The minimum absolute atomic E-state index is 0.252. The number of nitrogens with zero attached hydrogens (tertiary/aromatic N) is 1. The van der Waals surface area contributed by atoms with Crippen LogP contribution in [0.25, 0.3) is 0 Å². The highest BCUT2D eigenvalue weighted by atomic mass is 16.5. The van der Waals surface area contributed by atoms with E-state index in [9.17, 15) is 9.59 Å². The number of methoxy groups -OCH3 is 1. The zero-order chi connectivity index (χ0) is 17.9. The second kappa shape index (κ2) is 10.5. The first kappa shape index (κ1) is 19.0. The second-order valence-corrected chi connectivity index (χ2v) is 5.49. The number of benzene rings is 1. The molecule has 1 heterocycles. The molecule has 0 spiro atoms. The first-order chi connectivity index (χ1) is 12.2. The molecule has 1 aliphatic heterocycles. The summed E-state index contributed by atoms with van der Waals surface area (Å²) in [6.07, 6.45) is 0. The third-order valence-corrected chi connectivity index (χ3v) is 3.74. The summed E-state index contributed by atoms with van der Waals surface area (Å²) in [6.45, 7) is 4.80. The van der Waals surface area contributed by atoms with Crippen LogP contribution in [0.1, 0.15) is 0 Å². The average molecular weight is 351 g/mol. The van der Waals surface area contributed by atoms with Crippen LogP contribution in [0.4, 0.5) is 0 Å². The highest BCUT2D eigenvalue weighted by Gasteiger charge is 2.14. The van der Waals surface area contributed by atoms with E-state index in [4.69, 9.17) is 14.2 Å². The van der Waals surface area contributed by atoms with Crippen LogP contribution < -0.4 is 20.1 Å². The van der Waals surface area contributed by atoms with Gasteiger partial charge >= 0.3 is 11.8 Å². The molecule has 1 fully saturated rings. The van der Waals surface area contributed by atoms with E-state index in [-0.39, 0.29) is 13.2 Å². The fourth-order valence-corrected chi connectivity index (χ4v) is 2.32. The molecule has 8 heteroatoms. The van der Waals surface area contributed by atoms with Crippen LogP contribution in [0.15, 0.2) is 24.3 Å². The maximum absolute atomic E-state index is 11.7. The summed E-state index contributed by atoms with van der Waals surface area (Å²) < 4.78 is 15.8. The molecule has 0 radical (unpaired) electrons. The maximum Gasteiger partial charge on any atom is 0.309 e. The number of amides is 2. The molecule has 2 N–H and O–H groups in total. The van der Waals surface area contributed by atoms with E-state index < -0.39 is 11.8 Å². The van der Waals surface area contributed by atoms with Gasteiger partial charge in [0.2, 0.25) is 0 Å². The molecule has 2 amide bonds. The Hall–Kier alpha value is -2.32. The number of carbonyl (C=O) groups is 2. The Kier molecular flexibility index (Phi) is 8.00. The monoisotopic (exact) mass is 351 g/mol. The van der Waals surface area contributed by atoms with Gasteiger partial charge < -0.3 is 24.8 Å². The third-order valence-electron chi connectivity index (χ3n) is 3.74. The smallest absolute Gasteiger partial charge is 0.309 e. The number of nitrogens with one attached hydrogen (secondary N) is 2. The lowest BCUT2D eigenvalue weighted by Crippen LogP contribution is -2.45. The van der Waals surface area contributed by atoms with E-state index in [1.54, 1.807) is 31.4 Å². The predicted molar refractivity (Wildman–Crippen MR) is 91.8 cm³/mol. The van der Waals surface area contributed by atoms with E-state index in [1.807, 2.05) is 0 Å². The van der Waals surface area contributed by atoms with Gasteiger partial charge in [0.05, 0.1) is 26.9 Å². The molecule has 1 aromatic carbocycles.